The van der Waals surface area contributed by atoms with Crippen LogP contribution in [0.25, 0.3) is 11.3 Å². The van der Waals surface area contributed by atoms with Crippen LogP contribution in [0.1, 0.15) is 26.7 Å². The lowest BCUT2D eigenvalue weighted by Crippen LogP contribution is -2.24. The number of hydrogen-bond donors (Lipinski definition) is 2. The van der Waals surface area contributed by atoms with E-state index in [4.69, 9.17) is 0 Å². The predicted molar refractivity (Wildman–Crippen MR) is 109 cm³/mol. The molecule has 0 aliphatic carbocycles. The van der Waals surface area contributed by atoms with E-state index in [0.717, 1.165) is 24.1 Å². The molecule has 0 aliphatic heterocycles. The molecule has 3 aromatic rings. The predicted octanol–water partition coefficient (Wildman–Crippen LogP) is 3.61. The van der Waals surface area contributed by atoms with E-state index in [1.165, 1.54) is 23.1 Å². The van der Waals surface area contributed by atoms with E-state index in [9.17, 15) is 9.59 Å². The Labute approximate surface area is 165 Å². The molecule has 0 fully saturated rings. The van der Waals surface area contributed by atoms with E-state index in [-0.39, 0.29) is 11.6 Å². The molecule has 142 valence electrons. The molecule has 1 atom stereocenters. The number of nitrogens with zero attached hydrogens (tertiary/aromatic N) is 3. The van der Waals surface area contributed by atoms with Crippen molar-refractivity contribution in [1.82, 2.24) is 19.7 Å². The maximum Gasteiger partial charge on any atom is 0.343 e. The number of thioether (sulfide) groups is 1. The molecule has 0 saturated carbocycles. The Hall–Kier alpha value is -2.39. The first-order chi connectivity index (χ1) is 13.1. The van der Waals surface area contributed by atoms with E-state index < -0.39 is 5.25 Å². The van der Waals surface area contributed by atoms with Crippen LogP contribution < -0.4 is 11.0 Å². The molecule has 1 unspecified atom stereocenters. The number of H-pyrrole nitrogens is 1. The Morgan fingerprint density at radius 1 is 1.37 bits per heavy atom. The summed E-state index contributed by atoms with van der Waals surface area (Å²) in [7, 11) is 0. The van der Waals surface area contributed by atoms with Crippen LogP contribution in [0.2, 0.25) is 0 Å². The summed E-state index contributed by atoms with van der Waals surface area (Å²) in [6.07, 6.45) is 1.86. The molecule has 0 radical (unpaired) electrons. The normalized spacial score (nSPS) is 12.1. The van der Waals surface area contributed by atoms with Crippen LogP contribution in [-0.4, -0.2) is 30.9 Å². The number of aromatic amines is 1. The molecule has 7 nitrogen and oxygen atoms in total. The van der Waals surface area contributed by atoms with Crippen molar-refractivity contribution >= 4 is 34.1 Å². The molecule has 3 rings (SSSR count). The van der Waals surface area contributed by atoms with Crippen molar-refractivity contribution in [2.45, 2.75) is 43.6 Å². The topological polar surface area (TPSA) is 92.7 Å². The molecular weight excluding hydrogens is 382 g/mol. The molecule has 27 heavy (non-hydrogen) atoms. The zero-order chi connectivity index (χ0) is 19.2. The van der Waals surface area contributed by atoms with E-state index in [0.29, 0.717) is 16.8 Å². The van der Waals surface area contributed by atoms with Gasteiger partial charge in [0.2, 0.25) is 5.91 Å². The highest BCUT2D eigenvalue weighted by atomic mass is 32.2. The van der Waals surface area contributed by atoms with Gasteiger partial charge in [0.05, 0.1) is 10.9 Å². The molecule has 0 saturated heterocycles. The summed E-state index contributed by atoms with van der Waals surface area (Å²) in [5.41, 5.74) is 1.59. The molecular formula is C18H21N5O2S2. The minimum atomic E-state index is -0.412. The molecule has 1 aromatic carbocycles. The third kappa shape index (κ3) is 4.86. The molecule has 1 amide bonds. The number of hydrogen-bond acceptors (Lipinski definition) is 6. The Morgan fingerprint density at radius 2 is 2.15 bits per heavy atom. The molecule has 2 aromatic heterocycles. The molecule has 2 N–H and O–H groups in total. The molecule has 9 heteroatoms. The van der Waals surface area contributed by atoms with Crippen LogP contribution >= 0.6 is 23.1 Å². The zero-order valence-corrected chi connectivity index (χ0v) is 16.8. The summed E-state index contributed by atoms with van der Waals surface area (Å²) in [4.78, 5) is 28.8. The summed E-state index contributed by atoms with van der Waals surface area (Å²) in [6.45, 7) is 4.44. The van der Waals surface area contributed by atoms with E-state index in [2.05, 4.69) is 27.4 Å². The van der Waals surface area contributed by atoms with Crippen molar-refractivity contribution in [1.29, 1.82) is 0 Å². The van der Waals surface area contributed by atoms with Crippen molar-refractivity contribution in [2.24, 2.45) is 0 Å². The van der Waals surface area contributed by atoms with Crippen LogP contribution in [0, 0.1) is 0 Å². The highest BCUT2D eigenvalue weighted by Gasteiger charge is 2.20. The second-order valence-corrected chi connectivity index (χ2v) is 8.14. The Bertz CT molecular complexity index is 948. The van der Waals surface area contributed by atoms with Gasteiger partial charge in [-0.05, 0) is 13.3 Å². The van der Waals surface area contributed by atoms with Crippen LogP contribution in [0.4, 0.5) is 5.13 Å². The third-order valence-electron chi connectivity index (χ3n) is 3.91. The van der Waals surface area contributed by atoms with E-state index >= 15 is 0 Å². The van der Waals surface area contributed by atoms with Crippen molar-refractivity contribution in [2.75, 3.05) is 5.32 Å². The van der Waals surface area contributed by atoms with Gasteiger partial charge in [-0.1, -0.05) is 55.4 Å². The van der Waals surface area contributed by atoms with Crippen LogP contribution in [0.3, 0.4) is 0 Å². The van der Waals surface area contributed by atoms with Gasteiger partial charge in [0.15, 0.2) is 10.3 Å². The van der Waals surface area contributed by atoms with Gasteiger partial charge in [0.25, 0.3) is 0 Å². The Kier molecular flexibility index (Phi) is 6.46. The first-order valence-corrected chi connectivity index (χ1v) is 10.5. The number of aromatic nitrogens is 4. The second-order valence-electron chi connectivity index (χ2n) is 5.97. The van der Waals surface area contributed by atoms with Gasteiger partial charge in [-0.15, -0.1) is 16.4 Å². The Balaban J connectivity index is 1.63. The minimum absolute atomic E-state index is 0.175. The number of carbonyl (C=O) groups excluding carboxylic acids is 1. The quantitative estimate of drug-likeness (QED) is 0.561. The Morgan fingerprint density at radius 3 is 2.89 bits per heavy atom. The molecule has 2 heterocycles. The fourth-order valence-electron chi connectivity index (χ4n) is 2.40. The van der Waals surface area contributed by atoms with E-state index in [1.54, 1.807) is 11.5 Å². The number of anilines is 1. The summed E-state index contributed by atoms with van der Waals surface area (Å²) >= 11 is 2.64. The van der Waals surface area contributed by atoms with Crippen molar-refractivity contribution < 1.29 is 4.79 Å². The van der Waals surface area contributed by atoms with Crippen LogP contribution in [-0.2, 0) is 11.3 Å². The van der Waals surface area contributed by atoms with Crippen molar-refractivity contribution in [3.8, 4) is 11.3 Å². The standard InChI is InChI=1S/C18H21N5O2S2/c1-3-4-10-23-17(25)21-22-18(23)27-12(2)15(24)20-16-19-14(11-26-16)13-8-6-5-7-9-13/h5-9,11-12H,3-4,10H2,1-2H3,(H,21,25)(H,19,20,24). The number of carbonyl (C=O) groups is 1. The lowest BCUT2D eigenvalue weighted by atomic mass is 10.2. The van der Waals surface area contributed by atoms with Gasteiger partial charge < -0.3 is 5.32 Å². The lowest BCUT2D eigenvalue weighted by molar-refractivity contribution is -0.115. The number of nitrogens with one attached hydrogen (secondary N) is 2. The summed E-state index contributed by atoms with van der Waals surface area (Å²) in [6, 6.07) is 9.81. The highest BCUT2D eigenvalue weighted by Crippen LogP contribution is 2.26. The average Bonchev–Trinajstić information content (AvgIpc) is 3.28. The summed E-state index contributed by atoms with van der Waals surface area (Å²) in [5.74, 6) is -0.175. The summed E-state index contributed by atoms with van der Waals surface area (Å²) in [5, 5.41) is 11.9. The fraction of sp³-hybridized carbons (Fsp3) is 0.333. The number of thiazole rings is 1. The fourth-order valence-corrected chi connectivity index (χ4v) is 4.00. The lowest BCUT2D eigenvalue weighted by Gasteiger charge is -2.10. The smallest absolute Gasteiger partial charge is 0.301 e. The first kappa shape index (κ1) is 19.4. The van der Waals surface area contributed by atoms with Gasteiger partial charge in [-0.25, -0.2) is 14.9 Å². The molecule has 0 spiro atoms. The largest absolute Gasteiger partial charge is 0.343 e. The van der Waals surface area contributed by atoms with Gasteiger partial charge in [0.1, 0.15) is 0 Å². The van der Waals surface area contributed by atoms with Gasteiger partial charge in [0, 0.05) is 17.5 Å². The highest BCUT2D eigenvalue weighted by molar-refractivity contribution is 8.00. The van der Waals surface area contributed by atoms with Crippen LogP contribution in [0.5, 0.6) is 0 Å². The zero-order valence-electron chi connectivity index (χ0n) is 15.1. The maximum absolute atomic E-state index is 12.5. The van der Waals surface area contributed by atoms with Crippen LogP contribution in [0.15, 0.2) is 45.7 Å². The number of benzene rings is 1. The van der Waals surface area contributed by atoms with Gasteiger partial charge >= 0.3 is 5.69 Å². The number of unbranched alkanes of at least 4 members (excludes halogenated alkanes) is 1. The van der Waals surface area contributed by atoms with Gasteiger partial charge in [-0.2, -0.15) is 0 Å². The third-order valence-corrected chi connectivity index (χ3v) is 5.76. The summed E-state index contributed by atoms with van der Waals surface area (Å²) < 4.78 is 1.58. The first-order valence-electron chi connectivity index (χ1n) is 8.72. The minimum Gasteiger partial charge on any atom is -0.301 e. The van der Waals surface area contributed by atoms with E-state index in [1.807, 2.05) is 35.7 Å². The molecule has 0 bridgehead atoms. The van der Waals surface area contributed by atoms with Gasteiger partial charge in [-0.3, -0.25) is 9.36 Å². The number of amides is 1. The SMILES string of the molecule is CCCCn1c(SC(C)C(=O)Nc2nc(-c3ccccc3)cs2)n[nH]c1=O. The average molecular weight is 404 g/mol. The second kappa shape index (κ2) is 9.01. The monoisotopic (exact) mass is 403 g/mol. The molecule has 0 aliphatic rings. The van der Waals surface area contributed by atoms with Crippen molar-refractivity contribution in [3.63, 3.8) is 0 Å². The maximum atomic E-state index is 12.5. The number of rotatable bonds is 8. The van der Waals surface area contributed by atoms with Crippen molar-refractivity contribution in [3.05, 3.63) is 46.2 Å².